The molecule has 4 heteroatoms. The van der Waals surface area contributed by atoms with Crippen LogP contribution in [0.5, 0.6) is 0 Å². The summed E-state index contributed by atoms with van der Waals surface area (Å²) < 4.78 is 20.7. The van der Waals surface area contributed by atoms with E-state index in [4.69, 9.17) is 18.9 Å². The van der Waals surface area contributed by atoms with Gasteiger partial charge in [0.2, 0.25) is 0 Å². The van der Waals surface area contributed by atoms with E-state index in [1.165, 1.54) is 0 Å². The van der Waals surface area contributed by atoms with Crippen molar-refractivity contribution in [2.45, 2.75) is 12.8 Å². The number of hydrogen-bond acceptors (Lipinski definition) is 4. The fraction of sp³-hybridized carbons (Fsp3) is 1.00. The Balaban J connectivity index is 2.00. The molecule has 1 saturated heterocycles. The Bertz CT molecular complexity index is 54.0. The van der Waals surface area contributed by atoms with E-state index in [0.29, 0.717) is 40.0 Å². The molecule has 0 aromatic heterocycles. The van der Waals surface area contributed by atoms with E-state index < -0.39 is 0 Å². The molecule has 0 spiro atoms. The maximum Gasteiger partial charge on any atom is 0.146 e. The van der Waals surface area contributed by atoms with Crippen molar-refractivity contribution in [2.75, 3.05) is 40.0 Å². The summed E-state index contributed by atoms with van der Waals surface area (Å²) in [4.78, 5) is 0. The molecule has 1 heterocycles. The second-order valence-corrected chi connectivity index (χ2v) is 2.58. The molecular weight excluding hydrogens is 160 g/mol. The average molecular weight is 176 g/mol. The lowest BCUT2D eigenvalue weighted by atomic mass is 10.5. The lowest BCUT2D eigenvalue weighted by Crippen LogP contribution is -2.11. The van der Waals surface area contributed by atoms with Crippen LogP contribution in [0, 0.1) is 0 Å². The quantitative estimate of drug-likeness (QED) is 0.546. The van der Waals surface area contributed by atoms with Gasteiger partial charge in [-0.25, -0.2) is 0 Å². The fourth-order valence-electron chi connectivity index (χ4n) is 0.880. The maximum atomic E-state index is 5.16. The van der Waals surface area contributed by atoms with Crippen LogP contribution in [0.4, 0.5) is 0 Å². The van der Waals surface area contributed by atoms with Gasteiger partial charge >= 0.3 is 0 Å². The van der Waals surface area contributed by atoms with E-state index in [-0.39, 0.29) is 0 Å². The Kier molecular flexibility index (Phi) is 6.19. The first-order valence-electron chi connectivity index (χ1n) is 4.31. The van der Waals surface area contributed by atoms with Gasteiger partial charge in [0.25, 0.3) is 0 Å². The highest BCUT2D eigenvalue weighted by Crippen LogP contribution is 1.91. The van der Waals surface area contributed by atoms with E-state index in [1.807, 2.05) is 0 Å². The third-order valence-electron chi connectivity index (χ3n) is 1.49. The molecule has 1 rings (SSSR count). The van der Waals surface area contributed by atoms with Crippen molar-refractivity contribution in [2.24, 2.45) is 0 Å². The monoisotopic (exact) mass is 176 g/mol. The van der Waals surface area contributed by atoms with Gasteiger partial charge in [-0.3, -0.25) is 0 Å². The minimum Gasteiger partial charge on any atom is -0.355 e. The van der Waals surface area contributed by atoms with Crippen molar-refractivity contribution in [1.29, 1.82) is 0 Å². The Morgan fingerprint density at radius 2 is 0.833 bits per heavy atom. The zero-order chi connectivity index (χ0) is 8.49. The molecule has 0 aromatic rings. The summed E-state index contributed by atoms with van der Waals surface area (Å²) in [6.45, 7) is 3.56. The summed E-state index contributed by atoms with van der Waals surface area (Å²) in [5.74, 6) is 0. The molecule has 0 amide bonds. The first-order chi connectivity index (χ1) is 6.00. The molecule has 0 radical (unpaired) electrons. The highest BCUT2D eigenvalue weighted by Gasteiger charge is 1.94. The molecule has 72 valence electrons. The van der Waals surface area contributed by atoms with Gasteiger partial charge in [-0.1, -0.05) is 0 Å². The number of hydrogen-bond donors (Lipinski definition) is 0. The first kappa shape index (κ1) is 9.92. The minimum atomic E-state index is 0.389. The standard InChI is InChI=1S/C8H16O4/c1-3-9-7-11-5-2-6-12-8-10-4-1/h1-8H2. The summed E-state index contributed by atoms with van der Waals surface area (Å²) in [6, 6.07) is 0. The minimum absolute atomic E-state index is 0.389. The van der Waals surface area contributed by atoms with Crippen LogP contribution >= 0.6 is 0 Å². The molecule has 0 N–H and O–H groups in total. The van der Waals surface area contributed by atoms with Gasteiger partial charge in [0.15, 0.2) is 0 Å². The largest absolute Gasteiger partial charge is 0.355 e. The van der Waals surface area contributed by atoms with Crippen LogP contribution in [0.2, 0.25) is 0 Å². The Hall–Kier alpha value is -0.160. The zero-order valence-electron chi connectivity index (χ0n) is 7.29. The van der Waals surface area contributed by atoms with Crippen LogP contribution < -0.4 is 0 Å². The SMILES string of the molecule is C1COCOCCCOCOC1. The van der Waals surface area contributed by atoms with Crippen LogP contribution in [-0.4, -0.2) is 40.0 Å². The highest BCUT2D eigenvalue weighted by molar-refractivity contribution is 4.35. The highest BCUT2D eigenvalue weighted by atomic mass is 16.7. The van der Waals surface area contributed by atoms with Crippen molar-refractivity contribution < 1.29 is 18.9 Å². The van der Waals surface area contributed by atoms with Gasteiger partial charge in [0, 0.05) is 0 Å². The average Bonchev–Trinajstić information content (AvgIpc) is 2.05. The van der Waals surface area contributed by atoms with Gasteiger partial charge in [-0.15, -0.1) is 0 Å². The van der Waals surface area contributed by atoms with E-state index in [1.54, 1.807) is 0 Å². The van der Waals surface area contributed by atoms with Crippen LogP contribution in [-0.2, 0) is 18.9 Å². The third-order valence-corrected chi connectivity index (χ3v) is 1.49. The van der Waals surface area contributed by atoms with Gasteiger partial charge in [0.1, 0.15) is 13.6 Å². The molecular formula is C8H16O4. The lowest BCUT2D eigenvalue weighted by Gasteiger charge is -2.09. The molecule has 0 saturated carbocycles. The summed E-state index contributed by atoms with van der Waals surface area (Å²) in [6.07, 6.45) is 1.79. The van der Waals surface area contributed by atoms with Gasteiger partial charge in [-0.2, -0.15) is 0 Å². The van der Waals surface area contributed by atoms with E-state index in [9.17, 15) is 0 Å². The molecule has 1 aliphatic heterocycles. The molecule has 1 fully saturated rings. The van der Waals surface area contributed by atoms with Crippen molar-refractivity contribution in [3.05, 3.63) is 0 Å². The molecule has 12 heavy (non-hydrogen) atoms. The normalized spacial score (nSPS) is 24.0. The van der Waals surface area contributed by atoms with Crippen LogP contribution in [0.25, 0.3) is 0 Å². The van der Waals surface area contributed by atoms with Gasteiger partial charge in [-0.05, 0) is 12.8 Å². The third kappa shape index (κ3) is 5.49. The van der Waals surface area contributed by atoms with E-state index >= 15 is 0 Å². The van der Waals surface area contributed by atoms with Crippen LogP contribution in [0.1, 0.15) is 12.8 Å². The second kappa shape index (κ2) is 7.49. The maximum absolute atomic E-state index is 5.16. The molecule has 1 aliphatic rings. The molecule has 0 bridgehead atoms. The molecule has 4 nitrogen and oxygen atoms in total. The Morgan fingerprint density at radius 3 is 1.17 bits per heavy atom. The predicted octanol–water partition coefficient (Wildman–Crippen LogP) is 0.762. The van der Waals surface area contributed by atoms with Gasteiger partial charge < -0.3 is 18.9 Å². The van der Waals surface area contributed by atoms with E-state index in [2.05, 4.69) is 0 Å². The molecule has 0 aromatic carbocycles. The summed E-state index contributed by atoms with van der Waals surface area (Å²) in [7, 11) is 0. The van der Waals surface area contributed by atoms with Crippen LogP contribution in [0.15, 0.2) is 0 Å². The first-order valence-corrected chi connectivity index (χ1v) is 4.31. The second-order valence-electron chi connectivity index (χ2n) is 2.58. The van der Waals surface area contributed by atoms with Crippen LogP contribution in [0.3, 0.4) is 0 Å². The van der Waals surface area contributed by atoms with E-state index in [0.717, 1.165) is 12.8 Å². The zero-order valence-corrected chi connectivity index (χ0v) is 7.29. The summed E-state index contributed by atoms with van der Waals surface area (Å²) >= 11 is 0. The number of ether oxygens (including phenoxy) is 4. The van der Waals surface area contributed by atoms with Gasteiger partial charge in [0.05, 0.1) is 26.4 Å². The molecule has 0 aliphatic carbocycles. The summed E-state index contributed by atoms with van der Waals surface area (Å²) in [5, 5.41) is 0. The van der Waals surface area contributed by atoms with Crippen molar-refractivity contribution in [3.63, 3.8) is 0 Å². The summed E-state index contributed by atoms with van der Waals surface area (Å²) in [5.41, 5.74) is 0. The fourth-order valence-corrected chi connectivity index (χ4v) is 0.880. The topological polar surface area (TPSA) is 36.9 Å². The number of rotatable bonds is 0. The Morgan fingerprint density at radius 1 is 0.500 bits per heavy atom. The molecule has 0 unspecified atom stereocenters. The van der Waals surface area contributed by atoms with Crippen molar-refractivity contribution in [3.8, 4) is 0 Å². The van der Waals surface area contributed by atoms with Crippen molar-refractivity contribution in [1.82, 2.24) is 0 Å². The lowest BCUT2D eigenvalue weighted by molar-refractivity contribution is -0.0961. The molecule has 0 atom stereocenters. The smallest absolute Gasteiger partial charge is 0.146 e. The van der Waals surface area contributed by atoms with Crippen molar-refractivity contribution >= 4 is 0 Å². The predicted molar refractivity (Wildman–Crippen MR) is 42.8 cm³/mol. The Labute approximate surface area is 72.7 Å².